The summed E-state index contributed by atoms with van der Waals surface area (Å²) in [7, 11) is 0. The molecule has 0 unspecified atom stereocenters. The SMILES string of the molecule is CC[C@@H](O[C@H](C(C)C)[C@@H](C)[C@H](O)[C@H](C)C(=N)[C@H](CC)[C@@H](O[C@@]1(C(C)C)C=C[C@@H](O)[C@]2(CC[C@@](C)([C@H]3CC[C@](O)(CC)[C@H](C)O3)O2)O1)C(C)C)[C@@H](CC)C(=O)O. The molecule has 0 amide bonds. The molecule has 11 heteroatoms. The van der Waals surface area contributed by atoms with Crippen molar-refractivity contribution in [2.75, 3.05) is 0 Å². The lowest BCUT2D eigenvalue weighted by atomic mass is 9.76. The number of aliphatic carboxylic acids is 1. The summed E-state index contributed by atoms with van der Waals surface area (Å²) >= 11 is 0. The summed E-state index contributed by atoms with van der Waals surface area (Å²) in [6, 6.07) is 0. The lowest BCUT2D eigenvalue weighted by molar-refractivity contribution is -0.398. The smallest absolute Gasteiger partial charge is 0.309 e. The van der Waals surface area contributed by atoms with Gasteiger partial charge in [-0.2, -0.15) is 0 Å². The molecule has 3 aliphatic heterocycles. The third-order valence-electron chi connectivity index (χ3n) is 13.6. The zero-order valence-electron chi connectivity index (χ0n) is 36.6. The first-order valence-corrected chi connectivity index (χ1v) is 21.5. The maximum atomic E-state index is 12.0. The normalized spacial score (nSPS) is 35.8. The van der Waals surface area contributed by atoms with Crippen LogP contribution in [-0.4, -0.2) is 97.6 Å². The third kappa shape index (κ3) is 10.1. The van der Waals surface area contributed by atoms with Crippen LogP contribution in [0.4, 0.5) is 0 Å². The Kier molecular flexibility index (Phi) is 16.6. The van der Waals surface area contributed by atoms with Crippen molar-refractivity contribution in [2.45, 2.75) is 214 Å². The van der Waals surface area contributed by atoms with Crippen LogP contribution in [0.3, 0.4) is 0 Å². The standard InChI is InChI=1S/C44H79NO10/c1-15-31(40(48)49)33(17-3)52-38(25(5)6)29(12)37(47)28(11)36(45)32(16-2)39(26(7)8)53-43(27(9)10)22-19-34(46)44(55-43)24-23-41(14,54-44)35-20-21-42(50,18-4)30(13)51-35/h19,22,25-35,37-39,45-47,50H,15-18,20-21,23-24H2,1-14H3,(H,48,49)/t28-,29+,30+,31-,32+,33-,34-,35-,37-,38-,39+,41+,42-,43+,44+/m1/s1. The van der Waals surface area contributed by atoms with Gasteiger partial charge in [-0.15, -0.1) is 0 Å². The molecule has 1 spiro atoms. The Morgan fingerprint density at radius 3 is 1.98 bits per heavy atom. The van der Waals surface area contributed by atoms with E-state index >= 15 is 0 Å². The number of carboxylic acids is 1. The van der Waals surface area contributed by atoms with Gasteiger partial charge in [0.25, 0.3) is 0 Å². The summed E-state index contributed by atoms with van der Waals surface area (Å²) in [4.78, 5) is 12.0. The van der Waals surface area contributed by atoms with E-state index in [-0.39, 0.29) is 41.8 Å². The Hall–Kier alpha value is -1.44. The number of rotatable bonds is 20. The first kappa shape index (κ1) is 47.9. The Labute approximate surface area is 332 Å². The number of ether oxygens (including phenoxy) is 5. The quantitative estimate of drug-likeness (QED) is 0.0605. The molecule has 5 N–H and O–H groups in total. The van der Waals surface area contributed by atoms with Gasteiger partial charge in [0.15, 0.2) is 5.79 Å². The number of carboxylic acid groups (broad SMARTS) is 1. The van der Waals surface area contributed by atoms with E-state index < -0.39 is 71.1 Å². The van der Waals surface area contributed by atoms with Gasteiger partial charge in [-0.3, -0.25) is 4.79 Å². The zero-order valence-corrected chi connectivity index (χ0v) is 36.6. The fourth-order valence-electron chi connectivity index (χ4n) is 9.47. The predicted octanol–water partition coefficient (Wildman–Crippen LogP) is 7.91. The van der Waals surface area contributed by atoms with E-state index in [2.05, 4.69) is 13.8 Å². The molecule has 55 heavy (non-hydrogen) atoms. The van der Waals surface area contributed by atoms with Crippen LogP contribution in [0, 0.1) is 46.8 Å². The van der Waals surface area contributed by atoms with Gasteiger partial charge >= 0.3 is 5.97 Å². The number of carbonyl (C=O) groups is 1. The lowest BCUT2D eigenvalue weighted by Gasteiger charge is -2.51. The van der Waals surface area contributed by atoms with Crippen LogP contribution in [0.25, 0.3) is 0 Å². The van der Waals surface area contributed by atoms with E-state index in [0.29, 0.717) is 57.1 Å². The van der Waals surface area contributed by atoms with Gasteiger partial charge in [-0.25, -0.2) is 0 Å². The summed E-state index contributed by atoms with van der Waals surface area (Å²) in [6.07, 6.45) is 3.96. The van der Waals surface area contributed by atoms with Crippen molar-refractivity contribution in [3.05, 3.63) is 12.2 Å². The minimum Gasteiger partial charge on any atom is -0.481 e. The molecule has 3 aliphatic rings. The van der Waals surface area contributed by atoms with Crippen molar-refractivity contribution in [1.29, 1.82) is 5.41 Å². The largest absolute Gasteiger partial charge is 0.481 e. The highest BCUT2D eigenvalue weighted by atomic mass is 16.8. The van der Waals surface area contributed by atoms with Crippen LogP contribution in [0.2, 0.25) is 0 Å². The number of nitrogens with one attached hydrogen (secondary N) is 1. The lowest BCUT2D eigenvalue weighted by Crippen LogP contribution is -2.61. The van der Waals surface area contributed by atoms with E-state index in [1.807, 2.05) is 83.1 Å². The van der Waals surface area contributed by atoms with Crippen molar-refractivity contribution in [1.82, 2.24) is 0 Å². The summed E-state index contributed by atoms with van der Waals surface area (Å²) in [5, 5.41) is 53.9. The molecule has 11 nitrogen and oxygen atoms in total. The monoisotopic (exact) mass is 782 g/mol. The molecule has 0 aromatic heterocycles. The Morgan fingerprint density at radius 2 is 1.51 bits per heavy atom. The first-order valence-electron chi connectivity index (χ1n) is 21.5. The molecule has 0 saturated carbocycles. The van der Waals surface area contributed by atoms with Gasteiger partial charge in [0.1, 0.15) is 6.10 Å². The molecule has 0 bridgehead atoms. The van der Waals surface area contributed by atoms with Crippen LogP contribution in [0.5, 0.6) is 0 Å². The van der Waals surface area contributed by atoms with Crippen molar-refractivity contribution in [2.24, 2.45) is 41.4 Å². The van der Waals surface area contributed by atoms with Crippen molar-refractivity contribution in [3.63, 3.8) is 0 Å². The molecule has 15 atom stereocenters. The average Bonchev–Trinajstić information content (AvgIpc) is 3.48. The molecule has 3 heterocycles. The van der Waals surface area contributed by atoms with Gasteiger partial charge < -0.3 is 49.5 Å². The van der Waals surface area contributed by atoms with Crippen molar-refractivity contribution in [3.8, 4) is 0 Å². The number of aliphatic hydroxyl groups excluding tert-OH is 2. The summed E-state index contributed by atoms with van der Waals surface area (Å²) in [6.45, 7) is 27.7. The molecule has 3 rings (SSSR count). The minimum atomic E-state index is -1.38. The van der Waals surface area contributed by atoms with Gasteiger partial charge in [0, 0.05) is 35.8 Å². The third-order valence-corrected chi connectivity index (χ3v) is 13.6. The Balaban J connectivity index is 1.87. The second kappa shape index (κ2) is 19.1. The predicted molar refractivity (Wildman–Crippen MR) is 215 cm³/mol. The number of hydrogen-bond acceptors (Lipinski definition) is 10. The molecule has 2 saturated heterocycles. The zero-order chi connectivity index (χ0) is 41.8. The van der Waals surface area contributed by atoms with Gasteiger partial charge in [-0.1, -0.05) is 83.1 Å². The molecule has 0 aromatic rings. The van der Waals surface area contributed by atoms with E-state index in [4.69, 9.17) is 23.7 Å². The second-order valence-corrected chi connectivity index (χ2v) is 18.4. The van der Waals surface area contributed by atoms with Crippen LogP contribution in [0.1, 0.15) is 148 Å². The van der Waals surface area contributed by atoms with Crippen LogP contribution in [0.15, 0.2) is 12.2 Å². The van der Waals surface area contributed by atoms with Gasteiger partial charge in [0.05, 0.1) is 53.7 Å². The Morgan fingerprint density at radius 1 is 0.909 bits per heavy atom. The summed E-state index contributed by atoms with van der Waals surface area (Å²) < 4.78 is 33.9. The maximum absolute atomic E-state index is 12.0. The average molecular weight is 782 g/mol. The van der Waals surface area contributed by atoms with Gasteiger partial charge in [0.2, 0.25) is 5.79 Å². The highest BCUT2D eigenvalue weighted by Gasteiger charge is 2.61. The summed E-state index contributed by atoms with van der Waals surface area (Å²) in [5.41, 5.74) is -1.26. The van der Waals surface area contributed by atoms with Crippen LogP contribution < -0.4 is 0 Å². The maximum Gasteiger partial charge on any atom is 0.309 e. The molecular weight excluding hydrogens is 702 g/mol. The molecular formula is C44H79NO10. The molecule has 0 radical (unpaired) electrons. The molecule has 0 aliphatic carbocycles. The topological polar surface area (TPSA) is 168 Å². The number of hydrogen-bond donors (Lipinski definition) is 5. The van der Waals surface area contributed by atoms with Crippen LogP contribution >= 0.6 is 0 Å². The highest BCUT2D eigenvalue weighted by molar-refractivity contribution is 5.87. The highest BCUT2D eigenvalue weighted by Crippen LogP contribution is 2.52. The number of aliphatic hydroxyl groups is 3. The van der Waals surface area contributed by atoms with E-state index in [1.54, 1.807) is 12.2 Å². The fraction of sp³-hybridized carbons (Fsp3) is 0.909. The summed E-state index contributed by atoms with van der Waals surface area (Å²) in [5.74, 6) is -5.68. The van der Waals surface area contributed by atoms with Crippen molar-refractivity contribution < 1.29 is 48.9 Å². The second-order valence-electron chi connectivity index (χ2n) is 18.4. The molecule has 0 aromatic carbocycles. The van der Waals surface area contributed by atoms with Gasteiger partial charge in [-0.05, 0) is 82.8 Å². The molecule has 2 fully saturated rings. The van der Waals surface area contributed by atoms with Crippen molar-refractivity contribution >= 4 is 11.7 Å². The first-order chi connectivity index (χ1) is 25.5. The molecule has 320 valence electrons. The Bertz CT molecular complexity index is 1290. The van der Waals surface area contributed by atoms with E-state index in [1.165, 1.54) is 0 Å². The minimum absolute atomic E-state index is 0.0104. The fourth-order valence-corrected chi connectivity index (χ4v) is 9.47. The van der Waals surface area contributed by atoms with Crippen LogP contribution in [-0.2, 0) is 28.5 Å². The van der Waals surface area contributed by atoms with E-state index in [0.717, 1.165) is 0 Å². The van der Waals surface area contributed by atoms with E-state index in [9.17, 15) is 30.6 Å².